The van der Waals surface area contributed by atoms with Crippen molar-refractivity contribution in [2.45, 2.75) is 32.2 Å². The first-order chi connectivity index (χ1) is 19.3. The number of aromatic nitrogens is 2. The molecule has 4 rings (SSSR count). The zero-order valence-electron chi connectivity index (χ0n) is 30.0. The Labute approximate surface area is 185 Å². The third-order valence-electron chi connectivity index (χ3n) is 3.01. The van der Waals surface area contributed by atoms with Gasteiger partial charge >= 0.3 is 0 Å². The number of thiophene rings is 1. The number of halogens is 2. The third-order valence-corrected chi connectivity index (χ3v) is 4.11. The van der Waals surface area contributed by atoms with Gasteiger partial charge in [0.25, 0.3) is 0 Å². The third kappa shape index (κ3) is 3.98. The van der Waals surface area contributed by atoms with Crippen LogP contribution in [0.2, 0.25) is 5.75 Å². The van der Waals surface area contributed by atoms with E-state index in [9.17, 15) is 4.39 Å². The van der Waals surface area contributed by atoms with Gasteiger partial charge in [0.15, 0.2) is 1.41 Å². The summed E-state index contributed by atoms with van der Waals surface area (Å²) < 4.78 is 159. The molecular formula is C19H20ClFN4S. The molecule has 0 bridgehead atoms. The number of nitrogens with zero attached hydrogens (tertiary/aromatic N) is 3. The highest BCUT2D eigenvalue weighted by Gasteiger charge is 2.21. The molecule has 0 aliphatic carbocycles. The number of piperidine rings is 1. The highest BCUT2D eigenvalue weighted by molar-refractivity contribution is 7.22. The topological polar surface area (TPSA) is 41.1 Å². The smallest absolute Gasteiger partial charge is 0.162 e. The van der Waals surface area contributed by atoms with Crippen LogP contribution in [0.25, 0.3) is 10.2 Å². The van der Waals surface area contributed by atoms with Crippen molar-refractivity contribution in [3.05, 3.63) is 51.8 Å². The largest absolute Gasteiger partial charge is 0.367 e. The monoisotopic (exact) mass is 407 g/mol. The van der Waals surface area contributed by atoms with Gasteiger partial charge in [0.1, 0.15) is 24.1 Å². The molecule has 4 nitrogen and oxygen atoms in total. The van der Waals surface area contributed by atoms with Crippen molar-refractivity contribution in [1.82, 2.24) is 14.9 Å². The summed E-state index contributed by atoms with van der Waals surface area (Å²) in [6, 6.07) is -8.02. The van der Waals surface area contributed by atoms with Gasteiger partial charge in [-0.3, -0.25) is 4.90 Å². The molecule has 3 heterocycles. The molecule has 1 fully saturated rings. The van der Waals surface area contributed by atoms with E-state index in [1.165, 1.54) is 0 Å². The molecule has 2 aromatic heterocycles. The second kappa shape index (κ2) is 7.47. The molecule has 0 saturated carbocycles. The average molecular weight is 408 g/mol. The lowest BCUT2D eigenvalue weighted by Gasteiger charge is -2.32. The molecule has 1 aliphatic heterocycles. The summed E-state index contributed by atoms with van der Waals surface area (Å²) in [5, 5.41) is -0.791. The predicted molar refractivity (Wildman–Crippen MR) is 105 cm³/mol. The van der Waals surface area contributed by atoms with E-state index < -0.39 is 102 Å². The quantitative estimate of drug-likeness (QED) is 0.669. The summed E-state index contributed by atoms with van der Waals surface area (Å²) in [6.07, 6.45) is -9.10. The number of rotatable bonds is 4. The maximum Gasteiger partial charge on any atom is 0.162 e. The van der Waals surface area contributed by atoms with Crippen LogP contribution in [0.15, 0.2) is 30.5 Å². The first-order valence-corrected chi connectivity index (χ1v) is 8.24. The van der Waals surface area contributed by atoms with Gasteiger partial charge in [-0.05, 0) is 48.9 Å². The lowest BCUT2D eigenvalue weighted by molar-refractivity contribution is 0.211. The number of nitrogens with one attached hydrogen (secondary N) is 1. The van der Waals surface area contributed by atoms with E-state index in [-0.39, 0.29) is 14.5 Å². The summed E-state index contributed by atoms with van der Waals surface area (Å²) in [6.45, 7) is -11.1. The zero-order valence-corrected chi connectivity index (χ0v) is 14.5. The van der Waals surface area contributed by atoms with E-state index in [0.717, 1.165) is 6.92 Å². The standard InChI is InChI=1S/C19H20ClFN4S/c1-12-6-13(8-14(21)7-12)10-25-4-2-15(3-5-25)24-18-16-9-17(20)26-19(16)23-11-22-18/h6-9,11,15H,2-5,10H2,1H3,(H,22,23,24)/i2D2,3D2,4D2,5D2,6D,7D,8D,9D,10D2,11D,15D/hD. The van der Waals surface area contributed by atoms with Crippen LogP contribution >= 0.6 is 22.9 Å². The van der Waals surface area contributed by atoms with E-state index in [2.05, 4.69) is 9.97 Å². The lowest BCUT2D eigenvalue weighted by atomic mass is 10.0. The molecular weight excluding hydrogens is 371 g/mol. The fourth-order valence-electron chi connectivity index (χ4n) is 2.02. The minimum atomic E-state index is -4.13. The number of hydrogen-bond donors (Lipinski definition) is 1. The fraction of sp³-hybridized carbons (Fsp3) is 0.368. The lowest BCUT2D eigenvalue weighted by Crippen LogP contribution is -2.38. The van der Waals surface area contributed by atoms with E-state index in [1.807, 2.05) is 0 Å². The molecule has 0 amide bonds. The molecule has 26 heavy (non-hydrogen) atoms. The molecule has 0 radical (unpaired) electrons. The van der Waals surface area contributed by atoms with Gasteiger partial charge in [-0.2, -0.15) is 0 Å². The summed E-state index contributed by atoms with van der Waals surface area (Å²) in [5.41, 5.74) is -1.86. The van der Waals surface area contributed by atoms with E-state index in [1.54, 1.807) is 0 Å². The maximum absolute atomic E-state index is 14.7. The average Bonchev–Trinajstić information content (AvgIpc) is 3.15. The Morgan fingerprint density at radius 2 is 2.27 bits per heavy atom. The zero-order chi connectivity index (χ0) is 33.2. The van der Waals surface area contributed by atoms with E-state index in [0.29, 0.717) is 11.3 Å². The Morgan fingerprint density at radius 3 is 3.08 bits per heavy atom. The maximum atomic E-state index is 14.7. The van der Waals surface area contributed by atoms with E-state index in [4.69, 9.17) is 34.9 Å². The molecule has 1 aliphatic rings. The highest BCUT2D eigenvalue weighted by atomic mass is 35.5. The number of anilines is 1. The second-order valence-corrected chi connectivity index (χ2v) is 6.50. The molecule has 7 heteroatoms. The van der Waals surface area contributed by atoms with Gasteiger partial charge in [0.05, 0.1) is 16.6 Å². The molecule has 0 atom stereocenters. The SMILES string of the molecule is [2H]c1nc(N([2H])C2([2H])C([2H])([2H])C([2H])([2H])N(C([2H])([2H])c3c([2H])c(C)c([2H])c(F)c3[2H])C([2H])([2H])C2([2H])[2H])c2c([2H])c(Cl)sc2n1. The van der Waals surface area contributed by atoms with Gasteiger partial charge in [-0.25, -0.2) is 14.4 Å². The van der Waals surface area contributed by atoms with Crippen molar-refractivity contribution in [2.24, 2.45) is 0 Å². The van der Waals surface area contributed by atoms with Gasteiger partial charge in [-0.1, -0.05) is 17.6 Å². The van der Waals surface area contributed by atoms with E-state index >= 15 is 0 Å². The molecule has 0 spiro atoms. The Hall–Kier alpha value is -1.76. The van der Waals surface area contributed by atoms with Crippen molar-refractivity contribution >= 4 is 39.0 Å². The Morgan fingerprint density at radius 1 is 1.46 bits per heavy atom. The first-order valence-electron chi connectivity index (χ1n) is 15.5. The number of benzene rings is 1. The van der Waals surface area contributed by atoms with Crippen LogP contribution in [0.1, 0.15) is 45.8 Å². The van der Waals surface area contributed by atoms with Crippen molar-refractivity contribution in [3.8, 4) is 0 Å². The Kier molecular flexibility index (Phi) is 1.92. The molecule has 1 saturated heterocycles. The van der Waals surface area contributed by atoms with Crippen LogP contribution in [-0.4, -0.2) is 33.9 Å². The van der Waals surface area contributed by atoms with Crippen molar-refractivity contribution in [2.75, 3.05) is 18.3 Å². The van der Waals surface area contributed by atoms with Crippen LogP contribution in [0.3, 0.4) is 0 Å². The van der Waals surface area contributed by atoms with Gasteiger partial charge in [0, 0.05) is 39.2 Å². The Bertz CT molecular complexity index is 1610. The predicted octanol–water partition coefficient (Wildman–Crippen LogP) is 4.87. The summed E-state index contributed by atoms with van der Waals surface area (Å²) >= 11 is 6.62. The Balaban J connectivity index is 2.05. The van der Waals surface area contributed by atoms with Gasteiger partial charge in [0.2, 0.25) is 0 Å². The minimum absolute atomic E-state index is 0.201. The normalized spacial score (nSPS) is 35.3. The first kappa shape index (κ1) is 6.69. The van der Waals surface area contributed by atoms with Crippen LogP contribution in [0, 0.1) is 12.7 Å². The summed E-state index contributed by atoms with van der Waals surface area (Å²) in [7, 11) is 0. The minimum Gasteiger partial charge on any atom is -0.367 e. The van der Waals surface area contributed by atoms with Crippen LogP contribution in [-0.2, 0) is 6.50 Å². The molecule has 1 aromatic carbocycles. The van der Waals surface area contributed by atoms with Crippen LogP contribution in [0.5, 0.6) is 0 Å². The second-order valence-electron chi connectivity index (χ2n) is 4.90. The number of hydrogen-bond acceptors (Lipinski definition) is 5. The number of fused-ring (bicyclic) bond motifs is 1. The summed E-state index contributed by atoms with van der Waals surface area (Å²) in [5.74, 6) is -2.61. The van der Waals surface area contributed by atoms with Crippen LogP contribution < -0.4 is 5.31 Å². The van der Waals surface area contributed by atoms with Crippen molar-refractivity contribution < 1.29 is 27.7 Å². The van der Waals surface area contributed by atoms with Gasteiger partial charge < -0.3 is 5.31 Å². The molecule has 3 aromatic rings. The molecule has 0 unspecified atom stereocenters. The van der Waals surface area contributed by atoms with Crippen molar-refractivity contribution in [3.63, 3.8) is 0 Å². The fourth-order valence-corrected chi connectivity index (χ4v) is 2.98. The molecule has 1 N–H and O–H groups in total. The summed E-state index contributed by atoms with van der Waals surface area (Å²) in [4.78, 5) is 6.53. The number of likely N-dealkylation sites (tertiary alicyclic amines) is 1. The van der Waals surface area contributed by atoms with Gasteiger partial charge in [-0.15, -0.1) is 11.3 Å². The molecule has 136 valence electrons. The highest BCUT2D eigenvalue weighted by Crippen LogP contribution is 2.32. The van der Waals surface area contributed by atoms with Crippen molar-refractivity contribution in [1.29, 1.82) is 0 Å². The van der Waals surface area contributed by atoms with Crippen LogP contribution in [0.4, 0.5) is 10.2 Å².